The molecule has 1 aliphatic heterocycles. The Balaban J connectivity index is 0.00000385. The molecule has 0 bridgehead atoms. The normalized spacial score (nSPS) is 13.2. The average Bonchev–Trinajstić information content (AvgIpc) is 3.19. The Kier molecular flexibility index (Phi) is 10.5. The summed E-state index contributed by atoms with van der Waals surface area (Å²) in [5, 5.41) is 6.63. The van der Waals surface area contributed by atoms with Gasteiger partial charge in [0.15, 0.2) is 5.96 Å². The van der Waals surface area contributed by atoms with Crippen molar-refractivity contribution >= 4 is 35.8 Å². The number of nitrogens with one attached hydrogen (secondary N) is 2. The topological polar surface area (TPSA) is 66.0 Å². The third-order valence-corrected chi connectivity index (χ3v) is 5.19. The maximum atomic E-state index is 12.6. The van der Waals surface area contributed by atoms with Gasteiger partial charge >= 0.3 is 0 Å². The number of aliphatic imine (C=N–C) groups is 1. The molecule has 1 amide bonds. The number of fused-ring (bicyclic) bond motifs is 1. The lowest BCUT2D eigenvalue weighted by atomic mass is 10.1. The first-order valence-corrected chi connectivity index (χ1v) is 11.5. The molecular formula is C26H37IN4O2. The van der Waals surface area contributed by atoms with Crippen LogP contribution in [0, 0.1) is 0 Å². The van der Waals surface area contributed by atoms with Gasteiger partial charge in [-0.2, -0.15) is 0 Å². The minimum Gasteiger partial charge on any atom is -0.488 e. The molecule has 0 aromatic heterocycles. The van der Waals surface area contributed by atoms with Gasteiger partial charge < -0.3 is 20.3 Å². The van der Waals surface area contributed by atoms with E-state index in [-0.39, 0.29) is 35.5 Å². The van der Waals surface area contributed by atoms with Crippen molar-refractivity contribution in [3.05, 3.63) is 65.2 Å². The van der Waals surface area contributed by atoms with Crippen LogP contribution in [0.15, 0.2) is 53.5 Å². The summed E-state index contributed by atoms with van der Waals surface area (Å²) in [6.45, 7) is 11.6. The Morgan fingerprint density at radius 3 is 2.30 bits per heavy atom. The number of carbonyl (C=O) groups is 1. The lowest BCUT2D eigenvalue weighted by molar-refractivity contribution is -0.131. The van der Waals surface area contributed by atoms with Crippen molar-refractivity contribution in [3.63, 3.8) is 0 Å². The van der Waals surface area contributed by atoms with Crippen LogP contribution in [0.1, 0.15) is 57.2 Å². The summed E-state index contributed by atoms with van der Waals surface area (Å²) in [6.07, 6.45) is 1.29. The predicted octanol–water partition coefficient (Wildman–Crippen LogP) is 4.86. The number of halogens is 1. The largest absolute Gasteiger partial charge is 0.488 e. The van der Waals surface area contributed by atoms with Crippen LogP contribution in [-0.2, 0) is 24.4 Å². The highest BCUT2D eigenvalue weighted by molar-refractivity contribution is 14.0. The lowest BCUT2D eigenvalue weighted by Crippen LogP contribution is -2.38. The number of ether oxygens (including phenoxy) is 1. The summed E-state index contributed by atoms with van der Waals surface area (Å²) >= 11 is 0. The summed E-state index contributed by atoms with van der Waals surface area (Å²) in [5.41, 5.74) is 3.31. The SMILES string of the molecule is CCNC(=NCc1ccccc1OC(C)(C)C)NCCCC(=O)N1Cc2ccccc2C1.I. The molecule has 33 heavy (non-hydrogen) atoms. The lowest BCUT2D eigenvalue weighted by Gasteiger charge is -2.23. The van der Waals surface area contributed by atoms with Crippen molar-refractivity contribution in [1.82, 2.24) is 15.5 Å². The van der Waals surface area contributed by atoms with Gasteiger partial charge in [-0.05, 0) is 51.3 Å². The second-order valence-corrected chi connectivity index (χ2v) is 9.07. The fourth-order valence-electron chi connectivity index (χ4n) is 3.68. The van der Waals surface area contributed by atoms with E-state index in [1.807, 2.05) is 69.0 Å². The highest BCUT2D eigenvalue weighted by Crippen LogP contribution is 2.24. The first-order valence-electron chi connectivity index (χ1n) is 11.5. The van der Waals surface area contributed by atoms with E-state index in [1.54, 1.807) is 0 Å². The number of hydrogen-bond donors (Lipinski definition) is 2. The van der Waals surface area contributed by atoms with E-state index < -0.39 is 0 Å². The molecule has 0 saturated carbocycles. The first kappa shape index (κ1) is 27.0. The Labute approximate surface area is 215 Å². The van der Waals surface area contributed by atoms with E-state index in [2.05, 4.69) is 22.8 Å². The number of carbonyl (C=O) groups excluding carboxylic acids is 1. The molecule has 2 aromatic rings. The van der Waals surface area contributed by atoms with Gasteiger partial charge in [0.25, 0.3) is 0 Å². The molecule has 6 nitrogen and oxygen atoms in total. The molecule has 3 rings (SSSR count). The molecule has 0 radical (unpaired) electrons. The van der Waals surface area contributed by atoms with Crippen LogP contribution in [0.25, 0.3) is 0 Å². The Bertz CT molecular complexity index is 915. The van der Waals surface area contributed by atoms with E-state index >= 15 is 0 Å². The van der Waals surface area contributed by atoms with Crippen molar-refractivity contribution < 1.29 is 9.53 Å². The summed E-state index contributed by atoms with van der Waals surface area (Å²) < 4.78 is 6.07. The van der Waals surface area contributed by atoms with Crippen LogP contribution in [0.2, 0.25) is 0 Å². The first-order chi connectivity index (χ1) is 15.4. The van der Waals surface area contributed by atoms with E-state index in [9.17, 15) is 4.79 Å². The highest BCUT2D eigenvalue weighted by atomic mass is 127. The molecule has 1 heterocycles. The second-order valence-electron chi connectivity index (χ2n) is 9.07. The summed E-state index contributed by atoms with van der Waals surface area (Å²) in [6, 6.07) is 16.3. The van der Waals surface area contributed by atoms with Crippen LogP contribution in [0.3, 0.4) is 0 Å². The van der Waals surface area contributed by atoms with Crippen molar-refractivity contribution in [3.8, 4) is 5.75 Å². The van der Waals surface area contributed by atoms with E-state index in [4.69, 9.17) is 9.73 Å². The van der Waals surface area contributed by atoms with Gasteiger partial charge in [0.1, 0.15) is 11.4 Å². The Morgan fingerprint density at radius 2 is 1.67 bits per heavy atom. The zero-order chi connectivity index (χ0) is 23.0. The molecule has 180 valence electrons. The summed E-state index contributed by atoms with van der Waals surface area (Å²) in [4.78, 5) is 19.2. The van der Waals surface area contributed by atoms with Gasteiger partial charge in [-0.25, -0.2) is 4.99 Å². The minimum absolute atomic E-state index is 0. The molecular weight excluding hydrogens is 527 g/mol. The number of benzene rings is 2. The number of rotatable bonds is 8. The Hall–Kier alpha value is -2.29. The maximum Gasteiger partial charge on any atom is 0.223 e. The summed E-state index contributed by atoms with van der Waals surface area (Å²) in [5.74, 6) is 1.81. The van der Waals surface area contributed by atoms with Gasteiger partial charge in [0, 0.05) is 38.2 Å². The molecule has 7 heteroatoms. The zero-order valence-corrected chi connectivity index (χ0v) is 22.5. The molecule has 0 saturated heterocycles. The molecule has 0 fully saturated rings. The minimum atomic E-state index is -0.258. The maximum absolute atomic E-state index is 12.6. The number of para-hydroxylation sites is 1. The van der Waals surface area contributed by atoms with E-state index in [1.165, 1.54) is 11.1 Å². The van der Waals surface area contributed by atoms with E-state index in [0.717, 1.165) is 43.3 Å². The van der Waals surface area contributed by atoms with E-state index in [0.29, 0.717) is 19.5 Å². The van der Waals surface area contributed by atoms with Crippen molar-refractivity contribution in [2.24, 2.45) is 4.99 Å². The Morgan fingerprint density at radius 1 is 1.03 bits per heavy atom. The average molecular weight is 565 g/mol. The number of amides is 1. The zero-order valence-electron chi connectivity index (χ0n) is 20.2. The molecule has 0 spiro atoms. The molecule has 0 unspecified atom stereocenters. The highest BCUT2D eigenvalue weighted by Gasteiger charge is 2.22. The standard InChI is InChI=1S/C26H36N4O2.HI/c1-5-27-25(29-17-20-11-8-9-14-23(20)32-26(2,3)4)28-16-10-15-24(31)30-18-21-12-6-7-13-22(21)19-30;/h6-9,11-14H,5,10,15-19H2,1-4H3,(H2,27,28,29);1H. The smallest absolute Gasteiger partial charge is 0.223 e. The van der Waals surface area contributed by atoms with Gasteiger partial charge in [-0.15, -0.1) is 24.0 Å². The number of hydrogen-bond acceptors (Lipinski definition) is 3. The van der Waals surface area contributed by atoms with Crippen LogP contribution >= 0.6 is 24.0 Å². The van der Waals surface area contributed by atoms with Gasteiger partial charge in [0.05, 0.1) is 6.54 Å². The molecule has 1 aliphatic rings. The van der Waals surface area contributed by atoms with Crippen LogP contribution < -0.4 is 15.4 Å². The molecule has 0 atom stereocenters. The molecule has 2 N–H and O–H groups in total. The van der Waals surface area contributed by atoms with Crippen LogP contribution in [0.4, 0.5) is 0 Å². The third-order valence-electron chi connectivity index (χ3n) is 5.19. The van der Waals surface area contributed by atoms with Gasteiger partial charge in [0.2, 0.25) is 5.91 Å². The molecule has 2 aromatic carbocycles. The van der Waals surface area contributed by atoms with Crippen LogP contribution in [-0.4, -0.2) is 35.5 Å². The quantitative estimate of drug-likeness (QED) is 0.208. The second kappa shape index (κ2) is 12.8. The number of guanidine groups is 1. The van der Waals surface area contributed by atoms with Gasteiger partial charge in [-0.1, -0.05) is 42.5 Å². The van der Waals surface area contributed by atoms with Crippen LogP contribution in [0.5, 0.6) is 5.75 Å². The van der Waals surface area contributed by atoms with Crippen molar-refractivity contribution in [2.45, 2.75) is 65.8 Å². The monoisotopic (exact) mass is 564 g/mol. The summed E-state index contributed by atoms with van der Waals surface area (Å²) in [7, 11) is 0. The molecule has 0 aliphatic carbocycles. The van der Waals surface area contributed by atoms with Crippen molar-refractivity contribution in [2.75, 3.05) is 13.1 Å². The van der Waals surface area contributed by atoms with Crippen molar-refractivity contribution in [1.29, 1.82) is 0 Å². The van der Waals surface area contributed by atoms with Gasteiger partial charge in [-0.3, -0.25) is 4.79 Å². The number of nitrogens with zero attached hydrogens (tertiary/aromatic N) is 2. The predicted molar refractivity (Wildman–Crippen MR) is 145 cm³/mol. The fraction of sp³-hybridized carbons (Fsp3) is 0.462. The fourth-order valence-corrected chi connectivity index (χ4v) is 3.68. The third kappa shape index (κ3) is 8.53.